The lowest BCUT2D eigenvalue weighted by atomic mass is 10.00. The second-order valence-electron chi connectivity index (χ2n) is 8.40. The molecule has 0 aromatic heterocycles. The Labute approximate surface area is 204 Å². The van der Waals surface area contributed by atoms with Crippen LogP contribution >= 0.6 is 0 Å². The van der Waals surface area contributed by atoms with Gasteiger partial charge in [0, 0.05) is 37.9 Å². The van der Waals surface area contributed by atoms with Crippen molar-refractivity contribution in [1.29, 1.82) is 0 Å². The van der Waals surface area contributed by atoms with Gasteiger partial charge in [-0.2, -0.15) is 0 Å². The van der Waals surface area contributed by atoms with Gasteiger partial charge in [-0.1, -0.05) is 12.1 Å². The third kappa shape index (κ3) is 5.58. The molecule has 1 amide bonds. The van der Waals surface area contributed by atoms with Crippen molar-refractivity contribution in [3.63, 3.8) is 0 Å². The van der Waals surface area contributed by atoms with Crippen LogP contribution in [0.2, 0.25) is 0 Å². The van der Waals surface area contributed by atoms with Crippen LogP contribution in [-0.2, 0) is 24.3 Å². The largest absolute Gasteiger partial charge is 0.493 e. The molecular weight excluding hydrogens is 479 g/mol. The van der Waals surface area contributed by atoms with Crippen molar-refractivity contribution in [3.05, 3.63) is 53.8 Å². The minimum absolute atomic E-state index is 0.117. The lowest BCUT2D eigenvalue weighted by molar-refractivity contribution is -0.187. The Balaban J connectivity index is 1.59. The van der Waals surface area contributed by atoms with E-state index < -0.39 is 27.7 Å². The van der Waals surface area contributed by atoms with E-state index in [0.717, 1.165) is 12.1 Å². The van der Waals surface area contributed by atoms with Crippen LogP contribution in [0.25, 0.3) is 0 Å². The molecule has 2 aromatic carbocycles. The molecule has 2 saturated heterocycles. The number of nitrogens with one attached hydrogen (secondary N) is 1. The first kappa shape index (κ1) is 25.4. The van der Waals surface area contributed by atoms with Crippen molar-refractivity contribution in [2.24, 2.45) is 0 Å². The number of amides is 1. The predicted octanol–water partition coefficient (Wildman–Crippen LogP) is 2.62. The Kier molecular flexibility index (Phi) is 7.60. The van der Waals surface area contributed by atoms with Crippen LogP contribution in [0.4, 0.5) is 4.39 Å². The maximum Gasteiger partial charge on any atom is 0.241 e. The van der Waals surface area contributed by atoms with Crippen molar-refractivity contribution in [1.82, 2.24) is 9.62 Å². The van der Waals surface area contributed by atoms with Gasteiger partial charge in [0.2, 0.25) is 15.9 Å². The lowest BCUT2D eigenvalue weighted by Gasteiger charge is -2.38. The molecule has 2 fully saturated rings. The fourth-order valence-corrected chi connectivity index (χ4v) is 5.67. The van der Waals surface area contributed by atoms with E-state index in [1.54, 1.807) is 23.1 Å². The highest BCUT2D eigenvalue weighted by atomic mass is 32.2. The maximum absolute atomic E-state index is 13.4. The van der Waals surface area contributed by atoms with Gasteiger partial charge in [-0.15, -0.1) is 0 Å². The number of halogens is 1. The summed E-state index contributed by atoms with van der Waals surface area (Å²) in [5.41, 5.74) is 0.446. The van der Waals surface area contributed by atoms with E-state index in [-0.39, 0.29) is 17.2 Å². The van der Waals surface area contributed by atoms with Crippen LogP contribution in [0.5, 0.6) is 11.5 Å². The summed E-state index contributed by atoms with van der Waals surface area (Å²) >= 11 is 0. The topological polar surface area (TPSA) is 103 Å². The van der Waals surface area contributed by atoms with Crippen LogP contribution in [0, 0.1) is 5.82 Å². The number of hydrogen-bond acceptors (Lipinski definition) is 7. The quantitative estimate of drug-likeness (QED) is 0.585. The van der Waals surface area contributed by atoms with Gasteiger partial charge in [0.1, 0.15) is 5.82 Å². The van der Waals surface area contributed by atoms with Gasteiger partial charge in [-0.05, 0) is 30.3 Å². The smallest absolute Gasteiger partial charge is 0.241 e. The summed E-state index contributed by atoms with van der Waals surface area (Å²) in [6, 6.07) is 8.57. The number of nitrogens with zero attached hydrogens (tertiary/aromatic N) is 1. The Bertz CT molecular complexity index is 1140. The summed E-state index contributed by atoms with van der Waals surface area (Å²) in [4.78, 5) is 14.9. The molecule has 2 aliphatic rings. The number of ether oxygens (including phenoxy) is 4. The van der Waals surface area contributed by atoms with E-state index >= 15 is 0 Å². The molecule has 190 valence electrons. The molecule has 11 heteroatoms. The van der Waals surface area contributed by atoms with E-state index in [4.69, 9.17) is 18.9 Å². The monoisotopic (exact) mass is 508 g/mol. The highest BCUT2D eigenvalue weighted by molar-refractivity contribution is 7.89. The van der Waals surface area contributed by atoms with Crippen molar-refractivity contribution in [2.75, 3.05) is 40.5 Å². The van der Waals surface area contributed by atoms with E-state index in [9.17, 15) is 17.6 Å². The molecule has 35 heavy (non-hydrogen) atoms. The van der Waals surface area contributed by atoms with E-state index in [0.29, 0.717) is 56.2 Å². The van der Waals surface area contributed by atoms with Gasteiger partial charge in [-0.3, -0.25) is 4.79 Å². The molecule has 1 spiro atoms. The SMILES string of the molecule is COc1cccc(C(CC(=O)N2CCC3(CC2)OCCO3)NS(=O)(=O)c2ccc(F)cc2)c1OC. The molecule has 0 radical (unpaired) electrons. The number of methoxy groups -OCH3 is 2. The summed E-state index contributed by atoms with van der Waals surface area (Å²) in [5.74, 6) is -0.687. The van der Waals surface area contributed by atoms with Crippen molar-refractivity contribution in [2.45, 2.75) is 36.0 Å². The second-order valence-corrected chi connectivity index (χ2v) is 10.1. The maximum atomic E-state index is 13.4. The van der Waals surface area contributed by atoms with Gasteiger partial charge in [-0.25, -0.2) is 17.5 Å². The zero-order valence-corrected chi connectivity index (χ0v) is 20.5. The van der Waals surface area contributed by atoms with E-state index in [1.165, 1.54) is 26.4 Å². The number of carbonyl (C=O) groups is 1. The number of hydrogen-bond donors (Lipinski definition) is 1. The Hall–Kier alpha value is -2.73. The fraction of sp³-hybridized carbons (Fsp3) is 0.458. The summed E-state index contributed by atoms with van der Waals surface area (Å²) in [6.07, 6.45) is 0.944. The van der Waals surface area contributed by atoms with Crippen LogP contribution < -0.4 is 14.2 Å². The highest BCUT2D eigenvalue weighted by Crippen LogP contribution is 2.37. The summed E-state index contributed by atoms with van der Waals surface area (Å²) in [5, 5.41) is 0. The van der Waals surface area contributed by atoms with Gasteiger partial charge in [0.05, 0.1) is 38.4 Å². The van der Waals surface area contributed by atoms with Crippen LogP contribution in [0.15, 0.2) is 47.4 Å². The number of rotatable bonds is 8. The molecule has 2 heterocycles. The summed E-state index contributed by atoms with van der Waals surface area (Å²) < 4.78 is 64.6. The third-order valence-corrected chi connectivity index (χ3v) is 7.79. The minimum Gasteiger partial charge on any atom is -0.493 e. The zero-order chi connectivity index (χ0) is 25.1. The highest BCUT2D eigenvalue weighted by Gasteiger charge is 2.41. The average molecular weight is 509 g/mol. The molecule has 0 aliphatic carbocycles. The number of sulfonamides is 1. The second kappa shape index (κ2) is 10.5. The number of piperidine rings is 1. The van der Waals surface area contributed by atoms with E-state index in [2.05, 4.69) is 4.72 Å². The molecule has 1 unspecified atom stereocenters. The number of benzene rings is 2. The number of para-hydroxylation sites is 1. The Morgan fingerprint density at radius 3 is 2.34 bits per heavy atom. The van der Waals surface area contributed by atoms with Crippen molar-refractivity contribution < 1.29 is 36.6 Å². The zero-order valence-electron chi connectivity index (χ0n) is 19.7. The molecule has 0 saturated carbocycles. The van der Waals surface area contributed by atoms with Crippen LogP contribution in [-0.4, -0.2) is 65.5 Å². The van der Waals surface area contributed by atoms with Gasteiger partial charge < -0.3 is 23.8 Å². The Morgan fingerprint density at radius 1 is 1.09 bits per heavy atom. The minimum atomic E-state index is -4.09. The number of carbonyl (C=O) groups excluding carboxylic acids is 1. The Morgan fingerprint density at radius 2 is 1.74 bits per heavy atom. The first-order valence-electron chi connectivity index (χ1n) is 11.3. The molecule has 2 aliphatic heterocycles. The van der Waals surface area contributed by atoms with Crippen LogP contribution in [0.3, 0.4) is 0 Å². The lowest BCUT2D eigenvalue weighted by Crippen LogP contribution is -2.48. The molecule has 1 N–H and O–H groups in total. The summed E-state index contributed by atoms with van der Waals surface area (Å²) in [7, 11) is -1.17. The number of likely N-dealkylation sites (tertiary alicyclic amines) is 1. The third-order valence-electron chi connectivity index (χ3n) is 6.30. The average Bonchev–Trinajstić information content (AvgIpc) is 3.31. The molecule has 9 nitrogen and oxygen atoms in total. The van der Waals surface area contributed by atoms with Gasteiger partial charge in [0.15, 0.2) is 17.3 Å². The van der Waals surface area contributed by atoms with E-state index in [1.807, 2.05) is 0 Å². The van der Waals surface area contributed by atoms with Crippen molar-refractivity contribution >= 4 is 15.9 Å². The summed E-state index contributed by atoms with van der Waals surface area (Å²) in [6.45, 7) is 1.95. The first-order valence-corrected chi connectivity index (χ1v) is 12.8. The fourth-order valence-electron chi connectivity index (χ4n) is 4.46. The predicted molar refractivity (Wildman–Crippen MR) is 124 cm³/mol. The van der Waals surface area contributed by atoms with Crippen molar-refractivity contribution in [3.8, 4) is 11.5 Å². The molecule has 0 bridgehead atoms. The molecule has 2 aromatic rings. The first-order chi connectivity index (χ1) is 16.8. The normalized spacial score (nSPS) is 18.4. The van der Waals surface area contributed by atoms with Crippen LogP contribution in [0.1, 0.15) is 30.9 Å². The molecule has 4 rings (SSSR count). The molecular formula is C24H29FN2O7S. The standard InChI is InChI=1S/C24H29FN2O7S/c1-31-21-5-3-4-19(23(21)32-2)20(26-35(29,30)18-8-6-17(25)7-9-18)16-22(28)27-12-10-24(11-13-27)33-14-15-34-24/h3-9,20,26H,10-16H2,1-2H3. The molecule has 1 atom stereocenters. The van der Waals surface area contributed by atoms with Gasteiger partial charge >= 0.3 is 0 Å². The van der Waals surface area contributed by atoms with Gasteiger partial charge in [0.25, 0.3) is 0 Å².